The monoisotopic (exact) mass is 553 g/mol. The average Bonchev–Trinajstić information content (AvgIpc) is 3.34. The Kier molecular flexibility index (Phi) is 7.13. The van der Waals surface area contributed by atoms with Crippen molar-refractivity contribution in [1.82, 2.24) is 9.29 Å². The number of anilines is 1. The van der Waals surface area contributed by atoms with Gasteiger partial charge in [0.05, 0.1) is 27.0 Å². The highest BCUT2D eigenvalue weighted by atomic mass is 79.9. The molecule has 11 heteroatoms. The molecule has 0 bridgehead atoms. The number of hydrogen-bond acceptors (Lipinski definition) is 8. The summed E-state index contributed by atoms with van der Waals surface area (Å²) >= 11 is 4.88. The summed E-state index contributed by atoms with van der Waals surface area (Å²) < 4.78 is 44.7. The predicted octanol–water partition coefficient (Wildman–Crippen LogP) is 4.11. The van der Waals surface area contributed by atoms with Crippen molar-refractivity contribution in [3.8, 4) is 28.5 Å². The van der Waals surface area contributed by atoms with E-state index in [1.165, 1.54) is 22.8 Å². The van der Waals surface area contributed by atoms with Crippen molar-refractivity contribution in [2.24, 2.45) is 0 Å². The second-order valence-electron chi connectivity index (χ2n) is 7.30. The van der Waals surface area contributed by atoms with E-state index in [0.717, 1.165) is 16.4 Å². The second kappa shape index (κ2) is 9.88. The van der Waals surface area contributed by atoms with Crippen LogP contribution in [0.4, 0.5) is 5.13 Å². The summed E-state index contributed by atoms with van der Waals surface area (Å²) in [5, 5.41) is 2.84. The van der Waals surface area contributed by atoms with Crippen LogP contribution < -0.4 is 19.1 Å². The molecule has 1 aliphatic heterocycles. The molecule has 0 radical (unpaired) electrons. The first-order chi connectivity index (χ1) is 15.8. The number of rotatable bonds is 7. The molecule has 2 heterocycles. The molecule has 2 aromatic carbocycles. The molecule has 1 aromatic heterocycles. The highest BCUT2D eigenvalue weighted by Crippen LogP contribution is 2.34. The lowest BCUT2D eigenvalue weighted by Gasteiger charge is -2.34. The number of methoxy groups -OCH3 is 3. The highest BCUT2D eigenvalue weighted by Gasteiger charge is 2.31. The third-order valence-corrected chi connectivity index (χ3v) is 8.71. The van der Waals surface area contributed by atoms with E-state index in [-0.39, 0.29) is 4.90 Å². The SMILES string of the molecule is COc1cc(OC)cc(-c2csc(N3CCN(S(=O)(=O)c4cc(Br)ccc4OC)CC3)n2)c1. The Bertz CT molecular complexity index is 1220. The Morgan fingerprint density at radius 2 is 1.61 bits per heavy atom. The van der Waals surface area contributed by atoms with Gasteiger partial charge < -0.3 is 19.1 Å². The first-order valence-corrected chi connectivity index (χ1v) is 13.2. The molecule has 8 nitrogen and oxygen atoms in total. The highest BCUT2D eigenvalue weighted by molar-refractivity contribution is 9.10. The summed E-state index contributed by atoms with van der Waals surface area (Å²) in [5.41, 5.74) is 1.72. The number of aromatic nitrogens is 1. The van der Waals surface area contributed by atoms with Gasteiger partial charge in [-0.15, -0.1) is 11.3 Å². The lowest BCUT2D eigenvalue weighted by molar-refractivity contribution is 0.374. The second-order valence-corrected chi connectivity index (χ2v) is 11.0. The lowest BCUT2D eigenvalue weighted by Crippen LogP contribution is -2.48. The summed E-state index contributed by atoms with van der Waals surface area (Å²) in [7, 11) is 1.02. The topological polar surface area (TPSA) is 81.2 Å². The van der Waals surface area contributed by atoms with E-state index >= 15 is 0 Å². The molecule has 0 amide bonds. The number of halogens is 1. The van der Waals surface area contributed by atoms with E-state index in [1.807, 2.05) is 23.6 Å². The number of benzene rings is 2. The number of piperazine rings is 1. The van der Waals surface area contributed by atoms with Crippen LogP contribution in [0.3, 0.4) is 0 Å². The van der Waals surface area contributed by atoms with E-state index < -0.39 is 10.0 Å². The number of hydrogen-bond donors (Lipinski definition) is 0. The van der Waals surface area contributed by atoms with Crippen LogP contribution in [0.5, 0.6) is 17.2 Å². The van der Waals surface area contributed by atoms with Crippen molar-refractivity contribution >= 4 is 42.4 Å². The molecule has 1 saturated heterocycles. The Morgan fingerprint density at radius 1 is 0.939 bits per heavy atom. The van der Waals surface area contributed by atoms with Gasteiger partial charge in [0.2, 0.25) is 10.0 Å². The molecular weight excluding hydrogens is 530 g/mol. The van der Waals surface area contributed by atoms with E-state index in [4.69, 9.17) is 19.2 Å². The zero-order valence-electron chi connectivity index (χ0n) is 18.4. The molecule has 176 valence electrons. The maximum atomic E-state index is 13.2. The van der Waals surface area contributed by atoms with Gasteiger partial charge in [-0.1, -0.05) is 15.9 Å². The Labute approximate surface area is 205 Å². The van der Waals surface area contributed by atoms with Crippen molar-refractivity contribution in [2.75, 3.05) is 52.4 Å². The van der Waals surface area contributed by atoms with Crippen molar-refractivity contribution in [1.29, 1.82) is 0 Å². The van der Waals surface area contributed by atoms with Crippen LogP contribution in [0.15, 0.2) is 51.1 Å². The molecule has 1 fully saturated rings. The maximum Gasteiger partial charge on any atom is 0.246 e. The molecule has 0 spiro atoms. The van der Waals surface area contributed by atoms with Gasteiger partial charge in [-0.25, -0.2) is 13.4 Å². The summed E-state index contributed by atoms with van der Waals surface area (Å²) in [6.45, 7) is 1.81. The van der Waals surface area contributed by atoms with Crippen LogP contribution in [-0.4, -0.2) is 65.2 Å². The zero-order chi connectivity index (χ0) is 23.6. The zero-order valence-corrected chi connectivity index (χ0v) is 21.7. The first-order valence-electron chi connectivity index (χ1n) is 10.1. The molecule has 0 atom stereocenters. The summed E-state index contributed by atoms with van der Waals surface area (Å²) in [6.07, 6.45) is 0. The maximum absolute atomic E-state index is 13.2. The van der Waals surface area contributed by atoms with Gasteiger partial charge in [-0.3, -0.25) is 0 Å². The minimum absolute atomic E-state index is 0.163. The van der Waals surface area contributed by atoms with Gasteiger partial charge >= 0.3 is 0 Å². The number of thiazole rings is 1. The van der Waals surface area contributed by atoms with Gasteiger partial charge in [-0.2, -0.15) is 4.31 Å². The quantitative estimate of drug-likeness (QED) is 0.435. The Morgan fingerprint density at radius 3 is 2.21 bits per heavy atom. The van der Waals surface area contributed by atoms with Crippen LogP contribution in [-0.2, 0) is 10.0 Å². The van der Waals surface area contributed by atoms with Gasteiger partial charge in [0.1, 0.15) is 22.1 Å². The fraction of sp³-hybridized carbons (Fsp3) is 0.318. The fourth-order valence-electron chi connectivity index (χ4n) is 3.61. The van der Waals surface area contributed by atoms with Crippen molar-refractivity contribution < 1.29 is 22.6 Å². The average molecular weight is 554 g/mol. The molecule has 1 aliphatic rings. The smallest absolute Gasteiger partial charge is 0.246 e. The minimum Gasteiger partial charge on any atom is -0.497 e. The number of nitrogens with zero attached hydrogens (tertiary/aromatic N) is 3. The van der Waals surface area contributed by atoms with E-state index in [9.17, 15) is 8.42 Å². The Balaban J connectivity index is 1.49. The summed E-state index contributed by atoms with van der Waals surface area (Å²) in [6, 6.07) is 10.6. The fourth-order valence-corrected chi connectivity index (χ4v) is 6.61. The van der Waals surface area contributed by atoms with Gasteiger partial charge in [0, 0.05) is 47.7 Å². The first kappa shape index (κ1) is 23.8. The number of ether oxygens (including phenoxy) is 3. The van der Waals surface area contributed by atoms with Crippen molar-refractivity contribution in [2.45, 2.75) is 4.90 Å². The van der Waals surface area contributed by atoms with E-state index in [2.05, 4.69) is 20.8 Å². The molecule has 0 saturated carbocycles. The molecular formula is C22H24BrN3O5S2. The summed E-state index contributed by atoms with van der Waals surface area (Å²) in [5.74, 6) is 1.72. The molecule has 4 rings (SSSR count). The van der Waals surface area contributed by atoms with Crippen molar-refractivity contribution in [3.63, 3.8) is 0 Å². The van der Waals surface area contributed by atoms with Crippen LogP contribution in [0.25, 0.3) is 11.3 Å². The van der Waals surface area contributed by atoms with E-state index in [1.54, 1.807) is 32.4 Å². The minimum atomic E-state index is -3.68. The molecule has 3 aromatic rings. The normalized spacial score (nSPS) is 14.8. The van der Waals surface area contributed by atoms with Crippen molar-refractivity contribution in [3.05, 3.63) is 46.3 Å². The largest absolute Gasteiger partial charge is 0.497 e. The van der Waals surface area contributed by atoms with Gasteiger partial charge in [-0.05, 0) is 30.3 Å². The lowest BCUT2D eigenvalue weighted by atomic mass is 10.1. The third kappa shape index (κ3) is 4.96. The predicted molar refractivity (Wildman–Crippen MR) is 132 cm³/mol. The molecule has 0 unspecified atom stereocenters. The number of sulfonamides is 1. The van der Waals surface area contributed by atoms with Crippen LogP contribution >= 0.6 is 27.3 Å². The third-order valence-electron chi connectivity index (χ3n) is 5.39. The van der Waals surface area contributed by atoms with Crippen LogP contribution in [0, 0.1) is 0 Å². The van der Waals surface area contributed by atoms with E-state index in [0.29, 0.717) is 47.9 Å². The van der Waals surface area contributed by atoms with Crippen LogP contribution in [0.1, 0.15) is 0 Å². The standard InChI is InChI=1S/C22H24BrN3O5S2/c1-29-17-10-15(11-18(13-17)30-2)19-14-32-22(24-19)25-6-8-26(9-7-25)33(27,28)21-12-16(23)4-5-20(21)31-3/h4-5,10-14H,6-9H2,1-3H3. The van der Waals surface area contributed by atoms with Crippen LogP contribution in [0.2, 0.25) is 0 Å². The summed E-state index contributed by atoms with van der Waals surface area (Å²) in [4.78, 5) is 7.05. The van der Waals surface area contributed by atoms with Gasteiger partial charge in [0.15, 0.2) is 5.13 Å². The molecule has 33 heavy (non-hydrogen) atoms. The molecule has 0 N–H and O–H groups in total. The Hall–Kier alpha value is -2.34. The molecule has 0 aliphatic carbocycles. The van der Waals surface area contributed by atoms with Gasteiger partial charge in [0.25, 0.3) is 0 Å².